The third-order valence-corrected chi connectivity index (χ3v) is 5.84. The lowest BCUT2D eigenvalue weighted by atomic mass is 9.96. The Morgan fingerprint density at radius 3 is 2.73 bits per heavy atom. The third kappa shape index (κ3) is 3.17. The van der Waals surface area contributed by atoms with Crippen LogP contribution in [0.3, 0.4) is 0 Å². The van der Waals surface area contributed by atoms with E-state index in [1.807, 2.05) is 31.6 Å². The van der Waals surface area contributed by atoms with E-state index in [1.54, 1.807) is 17.1 Å². The van der Waals surface area contributed by atoms with Crippen LogP contribution in [0.1, 0.15) is 43.3 Å². The summed E-state index contributed by atoms with van der Waals surface area (Å²) >= 11 is 0. The summed E-state index contributed by atoms with van der Waals surface area (Å²) < 4.78 is 21.9. The predicted octanol–water partition coefficient (Wildman–Crippen LogP) is 4.45. The number of hydrogen-bond acceptors (Lipinski definition) is 6. The lowest BCUT2D eigenvalue weighted by Crippen LogP contribution is -2.15. The highest BCUT2D eigenvalue weighted by Gasteiger charge is 2.30. The van der Waals surface area contributed by atoms with E-state index in [4.69, 9.17) is 19.0 Å². The molecule has 1 aliphatic carbocycles. The van der Waals surface area contributed by atoms with Crippen molar-refractivity contribution in [1.29, 1.82) is 0 Å². The molecule has 5 heterocycles. The monoisotopic (exact) mass is 405 g/mol. The van der Waals surface area contributed by atoms with Crippen molar-refractivity contribution in [3.63, 3.8) is 0 Å². The van der Waals surface area contributed by atoms with Crippen molar-refractivity contribution in [1.82, 2.24) is 24.5 Å². The molecule has 0 spiro atoms. The van der Waals surface area contributed by atoms with Crippen LogP contribution in [-0.4, -0.2) is 37.8 Å². The van der Waals surface area contributed by atoms with Crippen LogP contribution in [0.5, 0.6) is 11.5 Å². The highest BCUT2D eigenvalue weighted by molar-refractivity contribution is 5.84. The fourth-order valence-corrected chi connectivity index (χ4v) is 4.05. The minimum Gasteiger partial charge on any atom is -0.450 e. The van der Waals surface area contributed by atoms with E-state index in [-0.39, 0.29) is 0 Å². The van der Waals surface area contributed by atoms with E-state index < -0.39 is 0 Å². The number of aryl methyl sites for hydroxylation is 1. The third-order valence-electron chi connectivity index (χ3n) is 5.84. The average molecular weight is 405 g/mol. The van der Waals surface area contributed by atoms with Crippen molar-refractivity contribution < 1.29 is 13.9 Å². The normalized spacial score (nSPS) is 17.6. The van der Waals surface area contributed by atoms with Crippen LogP contribution < -0.4 is 4.74 Å². The van der Waals surface area contributed by atoms with Crippen molar-refractivity contribution in [2.75, 3.05) is 13.2 Å². The SMILES string of the molecule is Cn1cc(-c2cc3nccc(Oc4cn(C5CC5)nc4C4CCOCC4)c3o2)cn1. The lowest BCUT2D eigenvalue weighted by molar-refractivity contribution is 0.0839. The molecule has 0 radical (unpaired) electrons. The predicted molar refractivity (Wildman–Crippen MR) is 110 cm³/mol. The molecule has 0 atom stereocenters. The van der Waals surface area contributed by atoms with Crippen molar-refractivity contribution in [2.24, 2.45) is 7.05 Å². The Bertz CT molecular complexity index is 1200. The molecule has 1 aliphatic heterocycles. The topological polar surface area (TPSA) is 80.1 Å². The molecule has 30 heavy (non-hydrogen) atoms. The fraction of sp³-hybridized carbons (Fsp3) is 0.409. The molecule has 0 unspecified atom stereocenters. The molecule has 1 saturated heterocycles. The van der Waals surface area contributed by atoms with Gasteiger partial charge in [-0.1, -0.05) is 0 Å². The molecule has 2 fully saturated rings. The van der Waals surface area contributed by atoms with Crippen LogP contribution in [0.25, 0.3) is 22.4 Å². The average Bonchev–Trinajstić information content (AvgIpc) is 3.17. The van der Waals surface area contributed by atoms with Gasteiger partial charge in [0, 0.05) is 50.7 Å². The quantitative estimate of drug-likeness (QED) is 0.488. The van der Waals surface area contributed by atoms with Crippen LogP contribution in [-0.2, 0) is 11.8 Å². The van der Waals surface area contributed by atoms with Crippen LogP contribution in [0, 0.1) is 0 Å². The first-order chi connectivity index (χ1) is 14.7. The summed E-state index contributed by atoms with van der Waals surface area (Å²) in [7, 11) is 1.88. The second-order valence-corrected chi connectivity index (χ2v) is 8.12. The van der Waals surface area contributed by atoms with E-state index in [9.17, 15) is 0 Å². The number of fused-ring (bicyclic) bond motifs is 1. The highest BCUT2D eigenvalue weighted by Crippen LogP contribution is 2.42. The number of furan rings is 1. The largest absolute Gasteiger partial charge is 0.450 e. The molecule has 154 valence electrons. The smallest absolute Gasteiger partial charge is 0.195 e. The van der Waals surface area contributed by atoms with Gasteiger partial charge >= 0.3 is 0 Å². The first-order valence-electron chi connectivity index (χ1n) is 10.5. The molecule has 0 N–H and O–H groups in total. The van der Waals surface area contributed by atoms with Gasteiger partial charge in [-0.2, -0.15) is 10.2 Å². The Hall–Kier alpha value is -3.13. The number of ether oxygens (including phenoxy) is 2. The van der Waals surface area contributed by atoms with E-state index in [0.29, 0.717) is 23.3 Å². The number of hydrogen-bond donors (Lipinski definition) is 0. The molecule has 4 aromatic rings. The first-order valence-corrected chi connectivity index (χ1v) is 10.5. The molecule has 4 aromatic heterocycles. The van der Waals surface area contributed by atoms with Gasteiger partial charge in [0.25, 0.3) is 0 Å². The number of aromatic nitrogens is 5. The van der Waals surface area contributed by atoms with Gasteiger partial charge in [-0.05, 0) is 25.7 Å². The molecule has 8 heteroatoms. The maximum atomic E-state index is 6.41. The molecule has 0 bridgehead atoms. The van der Waals surface area contributed by atoms with Crippen LogP contribution in [0.2, 0.25) is 0 Å². The molecular weight excluding hydrogens is 382 g/mol. The van der Waals surface area contributed by atoms with Gasteiger partial charge in [0.05, 0.1) is 24.0 Å². The van der Waals surface area contributed by atoms with Crippen LogP contribution in [0.15, 0.2) is 41.3 Å². The van der Waals surface area contributed by atoms with E-state index in [2.05, 4.69) is 14.8 Å². The van der Waals surface area contributed by atoms with E-state index in [1.165, 1.54) is 12.8 Å². The summed E-state index contributed by atoms with van der Waals surface area (Å²) in [5.41, 5.74) is 3.32. The van der Waals surface area contributed by atoms with Gasteiger partial charge in [0.1, 0.15) is 17.0 Å². The van der Waals surface area contributed by atoms with Crippen molar-refractivity contribution in [3.8, 4) is 22.8 Å². The number of rotatable bonds is 5. The van der Waals surface area contributed by atoms with E-state index in [0.717, 1.165) is 54.3 Å². The van der Waals surface area contributed by atoms with Gasteiger partial charge in [-0.3, -0.25) is 14.3 Å². The summed E-state index contributed by atoms with van der Waals surface area (Å²) in [6.07, 6.45) is 11.8. The zero-order valence-corrected chi connectivity index (χ0v) is 16.8. The van der Waals surface area contributed by atoms with Crippen molar-refractivity contribution in [3.05, 3.63) is 42.6 Å². The molecule has 6 rings (SSSR count). The van der Waals surface area contributed by atoms with Gasteiger partial charge in [0.2, 0.25) is 0 Å². The van der Waals surface area contributed by atoms with Gasteiger partial charge < -0.3 is 13.9 Å². The second-order valence-electron chi connectivity index (χ2n) is 8.12. The van der Waals surface area contributed by atoms with Gasteiger partial charge in [-0.25, -0.2) is 0 Å². The second kappa shape index (κ2) is 6.98. The molecular formula is C22H23N5O3. The number of pyridine rings is 1. The van der Waals surface area contributed by atoms with Crippen molar-refractivity contribution in [2.45, 2.75) is 37.6 Å². The Labute approximate surface area is 173 Å². The highest BCUT2D eigenvalue weighted by atomic mass is 16.5. The Balaban J connectivity index is 1.38. The Morgan fingerprint density at radius 2 is 1.97 bits per heavy atom. The number of nitrogens with zero attached hydrogens (tertiary/aromatic N) is 5. The molecule has 0 amide bonds. The molecule has 2 aliphatic rings. The van der Waals surface area contributed by atoms with Gasteiger partial charge in [-0.15, -0.1) is 0 Å². The summed E-state index contributed by atoms with van der Waals surface area (Å²) in [4.78, 5) is 4.45. The first kappa shape index (κ1) is 17.7. The van der Waals surface area contributed by atoms with Gasteiger partial charge in [0.15, 0.2) is 17.1 Å². The summed E-state index contributed by atoms with van der Waals surface area (Å²) in [5.74, 6) is 2.54. The Morgan fingerprint density at radius 1 is 1.10 bits per heavy atom. The minimum atomic E-state index is 0.355. The maximum absolute atomic E-state index is 6.41. The zero-order chi connectivity index (χ0) is 20.1. The molecule has 0 aromatic carbocycles. The van der Waals surface area contributed by atoms with E-state index >= 15 is 0 Å². The standard InChI is InChI=1S/C22H23N5O3/c1-26-12-15(11-24-26)19-10-17-22(30-19)18(4-7-23-17)29-20-13-27(16-2-3-16)25-21(20)14-5-8-28-9-6-14/h4,7,10-14,16H,2-3,5-6,8-9H2,1H3. The Kier molecular flexibility index (Phi) is 4.12. The summed E-state index contributed by atoms with van der Waals surface area (Å²) in [6, 6.07) is 4.27. The molecule has 8 nitrogen and oxygen atoms in total. The summed E-state index contributed by atoms with van der Waals surface area (Å²) in [5, 5.41) is 9.13. The molecule has 1 saturated carbocycles. The lowest BCUT2D eigenvalue weighted by Gasteiger charge is -2.21. The fourth-order valence-electron chi connectivity index (χ4n) is 4.05. The maximum Gasteiger partial charge on any atom is 0.195 e. The van der Waals surface area contributed by atoms with Crippen molar-refractivity contribution >= 4 is 11.1 Å². The minimum absolute atomic E-state index is 0.355. The van der Waals surface area contributed by atoms with Crippen LogP contribution >= 0.6 is 0 Å². The summed E-state index contributed by atoms with van der Waals surface area (Å²) in [6.45, 7) is 1.54. The zero-order valence-electron chi connectivity index (χ0n) is 16.8. The van der Waals surface area contributed by atoms with Crippen LogP contribution in [0.4, 0.5) is 0 Å².